The fraction of sp³-hybridized carbons (Fsp3) is 0.400. The van der Waals surface area contributed by atoms with Crippen molar-refractivity contribution in [3.63, 3.8) is 0 Å². The molecule has 1 heterocycles. The zero-order valence-corrected chi connectivity index (χ0v) is 13.6. The smallest absolute Gasteiger partial charge is 0.0916 e. The highest BCUT2D eigenvalue weighted by Gasteiger charge is 2.19. The zero-order valence-electron chi connectivity index (χ0n) is 13.6. The second kappa shape index (κ2) is 8.14. The van der Waals surface area contributed by atoms with Gasteiger partial charge in [0, 0.05) is 24.8 Å². The second-order valence-corrected chi connectivity index (χ2v) is 6.37. The van der Waals surface area contributed by atoms with E-state index in [0.717, 1.165) is 31.6 Å². The highest BCUT2D eigenvalue weighted by atomic mass is 16.3. The summed E-state index contributed by atoms with van der Waals surface area (Å²) in [6.07, 6.45) is 3.09. The first-order valence-corrected chi connectivity index (χ1v) is 8.58. The molecule has 1 fully saturated rings. The second-order valence-electron chi connectivity index (χ2n) is 6.37. The van der Waals surface area contributed by atoms with Crippen molar-refractivity contribution in [3.8, 4) is 0 Å². The van der Waals surface area contributed by atoms with Gasteiger partial charge in [-0.2, -0.15) is 0 Å². The maximum absolute atomic E-state index is 10.4. The fourth-order valence-corrected chi connectivity index (χ4v) is 3.28. The van der Waals surface area contributed by atoms with Gasteiger partial charge in [-0.05, 0) is 43.5 Å². The summed E-state index contributed by atoms with van der Waals surface area (Å²) in [6, 6.07) is 20.9. The summed E-state index contributed by atoms with van der Waals surface area (Å²) in [5.74, 6) is 0. The third kappa shape index (κ3) is 4.81. The Morgan fingerprint density at radius 1 is 0.957 bits per heavy atom. The van der Waals surface area contributed by atoms with Crippen molar-refractivity contribution >= 4 is 5.69 Å². The number of nitrogens with zero attached hydrogens (tertiary/aromatic N) is 1. The van der Waals surface area contributed by atoms with Gasteiger partial charge >= 0.3 is 0 Å². The van der Waals surface area contributed by atoms with Crippen molar-refractivity contribution in [2.24, 2.45) is 0 Å². The van der Waals surface area contributed by atoms with Crippen molar-refractivity contribution in [2.45, 2.75) is 31.4 Å². The molecule has 0 radical (unpaired) electrons. The Kier molecular flexibility index (Phi) is 5.67. The van der Waals surface area contributed by atoms with Gasteiger partial charge in [0.1, 0.15) is 0 Å². The molecule has 0 aliphatic carbocycles. The summed E-state index contributed by atoms with van der Waals surface area (Å²) in [7, 11) is 0. The van der Waals surface area contributed by atoms with Crippen molar-refractivity contribution in [2.75, 3.05) is 25.0 Å². The summed E-state index contributed by atoms with van der Waals surface area (Å²) < 4.78 is 0. The molecule has 0 saturated carbocycles. The van der Waals surface area contributed by atoms with Crippen molar-refractivity contribution < 1.29 is 5.11 Å². The monoisotopic (exact) mass is 310 g/mol. The predicted molar refractivity (Wildman–Crippen MR) is 95.5 cm³/mol. The van der Waals surface area contributed by atoms with Crippen LogP contribution >= 0.6 is 0 Å². The summed E-state index contributed by atoms with van der Waals surface area (Å²) >= 11 is 0. The maximum Gasteiger partial charge on any atom is 0.0916 e. The first-order chi connectivity index (χ1) is 11.3. The van der Waals surface area contributed by atoms with Crippen molar-refractivity contribution in [1.29, 1.82) is 0 Å². The van der Waals surface area contributed by atoms with Crippen LogP contribution in [0.25, 0.3) is 0 Å². The van der Waals surface area contributed by atoms with E-state index < -0.39 is 6.10 Å². The Bertz CT molecular complexity index is 573. The van der Waals surface area contributed by atoms with E-state index in [4.69, 9.17) is 0 Å². The van der Waals surface area contributed by atoms with E-state index in [1.165, 1.54) is 18.5 Å². The molecule has 3 heteroatoms. The Labute approximate surface area is 139 Å². The minimum absolute atomic E-state index is 0.394. The zero-order chi connectivity index (χ0) is 15.9. The number of benzene rings is 2. The summed E-state index contributed by atoms with van der Waals surface area (Å²) in [4.78, 5) is 2.39. The van der Waals surface area contributed by atoms with Crippen LogP contribution in [-0.2, 0) is 0 Å². The number of β-amino-alcohol motifs (C(OH)–C–C–N with tert-alkyl or cyclic N) is 1. The minimum atomic E-state index is -0.394. The lowest BCUT2D eigenvalue weighted by Crippen LogP contribution is -2.30. The third-order valence-electron chi connectivity index (χ3n) is 4.58. The first kappa shape index (κ1) is 16.0. The lowest BCUT2D eigenvalue weighted by atomic mass is 10.1. The predicted octanol–water partition coefficient (Wildman–Crippen LogP) is 3.69. The number of aliphatic hydroxyl groups is 1. The van der Waals surface area contributed by atoms with Gasteiger partial charge in [-0.15, -0.1) is 0 Å². The maximum atomic E-state index is 10.4. The molecule has 2 aromatic carbocycles. The van der Waals surface area contributed by atoms with E-state index in [1.54, 1.807) is 0 Å². The van der Waals surface area contributed by atoms with Crippen LogP contribution in [-0.4, -0.2) is 35.7 Å². The van der Waals surface area contributed by atoms with Gasteiger partial charge in [0.15, 0.2) is 0 Å². The molecule has 0 spiro atoms. The summed E-state index contributed by atoms with van der Waals surface area (Å²) in [5, 5.41) is 14.0. The third-order valence-corrected chi connectivity index (χ3v) is 4.58. The molecule has 3 rings (SSSR count). The van der Waals surface area contributed by atoms with Gasteiger partial charge in [0.25, 0.3) is 0 Å². The number of anilines is 1. The van der Waals surface area contributed by atoms with Gasteiger partial charge in [-0.25, -0.2) is 0 Å². The topological polar surface area (TPSA) is 35.5 Å². The number of aliphatic hydroxyl groups excluding tert-OH is 1. The first-order valence-electron chi connectivity index (χ1n) is 8.58. The van der Waals surface area contributed by atoms with Crippen molar-refractivity contribution in [1.82, 2.24) is 4.90 Å². The van der Waals surface area contributed by atoms with E-state index >= 15 is 0 Å². The molecule has 0 amide bonds. The Morgan fingerprint density at radius 3 is 2.39 bits per heavy atom. The van der Waals surface area contributed by atoms with E-state index in [2.05, 4.69) is 34.5 Å². The van der Waals surface area contributed by atoms with Gasteiger partial charge in [0.2, 0.25) is 0 Å². The molecule has 2 aromatic rings. The fourth-order valence-electron chi connectivity index (χ4n) is 3.28. The summed E-state index contributed by atoms with van der Waals surface area (Å²) in [5.41, 5.74) is 2.21. The number of hydrogen-bond donors (Lipinski definition) is 2. The molecule has 0 bridgehead atoms. The van der Waals surface area contributed by atoms with E-state index in [-0.39, 0.29) is 0 Å². The Balaban J connectivity index is 1.50. The van der Waals surface area contributed by atoms with E-state index in [1.807, 2.05) is 36.4 Å². The molecule has 122 valence electrons. The summed E-state index contributed by atoms with van der Waals surface area (Å²) in [6.45, 7) is 2.83. The average molecular weight is 310 g/mol. The molecule has 2 unspecified atom stereocenters. The highest BCUT2D eigenvalue weighted by Crippen LogP contribution is 2.19. The number of nitrogens with one attached hydrogen (secondary N) is 1. The number of rotatable bonds is 5. The van der Waals surface area contributed by atoms with Crippen LogP contribution in [0.3, 0.4) is 0 Å². The largest absolute Gasteiger partial charge is 0.387 e. The molecule has 1 aliphatic heterocycles. The molecule has 23 heavy (non-hydrogen) atoms. The van der Waals surface area contributed by atoms with Gasteiger partial charge in [0.05, 0.1) is 6.10 Å². The van der Waals surface area contributed by atoms with E-state index in [9.17, 15) is 5.11 Å². The van der Waals surface area contributed by atoms with Crippen LogP contribution in [0, 0.1) is 0 Å². The normalized spacial score (nSPS) is 20.7. The molecule has 1 aliphatic rings. The SMILES string of the molecule is OC(CN1CCCC(Nc2ccccc2)CC1)c1ccccc1. The molecule has 1 saturated heterocycles. The van der Waals surface area contributed by atoms with Gasteiger partial charge in [-0.1, -0.05) is 48.5 Å². The number of likely N-dealkylation sites (tertiary alicyclic amines) is 1. The van der Waals surface area contributed by atoms with Crippen LogP contribution in [0.2, 0.25) is 0 Å². The molecular weight excluding hydrogens is 284 g/mol. The minimum Gasteiger partial charge on any atom is -0.387 e. The molecule has 0 aromatic heterocycles. The molecule has 3 nitrogen and oxygen atoms in total. The van der Waals surface area contributed by atoms with Crippen LogP contribution in [0.15, 0.2) is 60.7 Å². The van der Waals surface area contributed by atoms with Crippen LogP contribution in [0.5, 0.6) is 0 Å². The quantitative estimate of drug-likeness (QED) is 0.884. The number of hydrogen-bond acceptors (Lipinski definition) is 3. The Hall–Kier alpha value is -1.84. The Morgan fingerprint density at radius 2 is 1.65 bits per heavy atom. The lowest BCUT2D eigenvalue weighted by Gasteiger charge is -2.24. The number of para-hydroxylation sites is 1. The van der Waals surface area contributed by atoms with Crippen LogP contribution in [0.4, 0.5) is 5.69 Å². The lowest BCUT2D eigenvalue weighted by molar-refractivity contribution is 0.115. The average Bonchev–Trinajstić information content (AvgIpc) is 2.82. The van der Waals surface area contributed by atoms with Gasteiger partial charge < -0.3 is 15.3 Å². The molecule has 2 atom stereocenters. The van der Waals surface area contributed by atoms with Crippen LogP contribution < -0.4 is 5.32 Å². The van der Waals surface area contributed by atoms with Crippen LogP contribution in [0.1, 0.15) is 30.9 Å². The van der Waals surface area contributed by atoms with Gasteiger partial charge in [-0.3, -0.25) is 0 Å². The molecular formula is C20H26N2O. The van der Waals surface area contributed by atoms with Crippen molar-refractivity contribution in [3.05, 3.63) is 66.2 Å². The standard InChI is InChI=1S/C20H26N2O/c23-20(17-8-3-1-4-9-17)16-22-14-7-12-19(13-15-22)21-18-10-5-2-6-11-18/h1-6,8-11,19-21,23H,7,12-16H2. The molecule has 2 N–H and O–H groups in total. The highest BCUT2D eigenvalue weighted by molar-refractivity contribution is 5.43. The van der Waals surface area contributed by atoms with E-state index in [0.29, 0.717) is 6.04 Å².